The van der Waals surface area contributed by atoms with Gasteiger partial charge in [0.15, 0.2) is 0 Å². The molecule has 1 aromatic heterocycles. The van der Waals surface area contributed by atoms with Crippen molar-refractivity contribution in [2.45, 2.75) is 19.3 Å². The zero-order chi connectivity index (χ0) is 17.2. The van der Waals surface area contributed by atoms with Crippen molar-refractivity contribution in [3.05, 3.63) is 17.6 Å². The van der Waals surface area contributed by atoms with Gasteiger partial charge in [-0.15, -0.1) is 0 Å². The summed E-state index contributed by atoms with van der Waals surface area (Å²) in [6.45, 7) is 6.93. The van der Waals surface area contributed by atoms with E-state index in [0.29, 0.717) is 13.2 Å². The van der Waals surface area contributed by atoms with Crippen LogP contribution >= 0.6 is 0 Å². The van der Waals surface area contributed by atoms with Crippen LogP contribution in [0.2, 0.25) is 0 Å². The van der Waals surface area contributed by atoms with Gasteiger partial charge in [0.05, 0.1) is 18.2 Å². The Morgan fingerprint density at radius 1 is 1.12 bits per heavy atom. The second-order valence-corrected chi connectivity index (χ2v) is 7.30. The summed E-state index contributed by atoms with van der Waals surface area (Å²) in [5.41, 5.74) is 2.35. The highest BCUT2D eigenvalue weighted by atomic mass is 16.5. The van der Waals surface area contributed by atoms with E-state index in [1.165, 1.54) is 5.56 Å². The van der Waals surface area contributed by atoms with Crippen LogP contribution in [0.1, 0.15) is 17.7 Å². The minimum Gasteiger partial charge on any atom is -0.381 e. The monoisotopic (exact) mass is 345 g/mol. The maximum Gasteiger partial charge on any atom is 0.228 e. The average Bonchev–Trinajstić information content (AvgIpc) is 3.08. The fourth-order valence-corrected chi connectivity index (χ4v) is 4.01. The Bertz CT molecular complexity index is 624. The molecule has 7 heteroatoms. The van der Waals surface area contributed by atoms with Crippen LogP contribution in [0.3, 0.4) is 0 Å². The zero-order valence-corrected chi connectivity index (χ0v) is 15.0. The lowest BCUT2D eigenvalue weighted by atomic mass is 10.1. The van der Waals surface area contributed by atoms with Crippen molar-refractivity contribution >= 4 is 11.7 Å². The topological polar surface area (TPSA) is 61.8 Å². The molecule has 7 nitrogen and oxygen atoms in total. The lowest BCUT2D eigenvalue weighted by molar-refractivity contribution is -0.135. The average molecular weight is 345 g/mol. The summed E-state index contributed by atoms with van der Waals surface area (Å²) in [4.78, 5) is 28.6. The van der Waals surface area contributed by atoms with Crippen LogP contribution in [0.25, 0.3) is 0 Å². The molecule has 0 N–H and O–H groups in total. The van der Waals surface area contributed by atoms with Crippen molar-refractivity contribution in [3.63, 3.8) is 0 Å². The summed E-state index contributed by atoms with van der Waals surface area (Å²) in [6.07, 6.45) is 4.21. The predicted molar refractivity (Wildman–Crippen MR) is 94.7 cm³/mol. The van der Waals surface area contributed by atoms with Gasteiger partial charge in [0.2, 0.25) is 5.91 Å². The fraction of sp³-hybridized carbons (Fsp3) is 0.722. The Balaban J connectivity index is 1.49. The largest absolute Gasteiger partial charge is 0.381 e. The number of rotatable bonds is 2. The van der Waals surface area contributed by atoms with Gasteiger partial charge >= 0.3 is 0 Å². The van der Waals surface area contributed by atoms with Crippen LogP contribution in [0, 0.1) is 5.92 Å². The number of hydrogen-bond acceptors (Lipinski definition) is 6. The number of ether oxygens (including phenoxy) is 1. The lowest BCUT2D eigenvalue weighted by Gasteiger charge is -2.34. The third-order valence-electron chi connectivity index (χ3n) is 5.66. The normalized spacial score (nSPS) is 24.9. The number of amides is 1. The van der Waals surface area contributed by atoms with Gasteiger partial charge in [0, 0.05) is 57.9 Å². The van der Waals surface area contributed by atoms with Crippen molar-refractivity contribution < 1.29 is 9.53 Å². The molecular weight excluding hydrogens is 318 g/mol. The molecule has 2 saturated heterocycles. The molecule has 2 fully saturated rings. The van der Waals surface area contributed by atoms with Crippen LogP contribution in [0.4, 0.5) is 5.82 Å². The molecule has 3 aliphatic rings. The summed E-state index contributed by atoms with van der Waals surface area (Å²) >= 11 is 0. The van der Waals surface area contributed by atoms with Crippen LogP contribution in [-0.4, -0.2) is 85.2 Å². The van der Waals surface area contributed by atoms with E-state index in [-0.39, 0.29) is 11.8 Å². The van der Waals surface area contributed by atoms with Crippen molar-refractivity contribution in [1.82, 2.24) is 19.8 Å². The number of carbonyl (C=O) groups excluding carboxylic acids is 1. The maximum atomic E-state index is 12.7. The van der Waals surface area contributed by atoms with E-state index in [0.717, 1.165) is 70.0 Å². The molecule has 1 aromatic rings. The van der Waals surface area contributed by atoms with Crippen LogP contribution in [0.15, 0.2) is 6.33 Å². The fourth-order valence-electron chi connectivity index (χ4n) is 4.01. The van der Waals surface area contributed by atoms with Crippen molar-refractivity contribution in [3.8, 4) is 0 Å². The number of nitrogens with zero attached hydrogens (tertiary/aromatic N) is 5. The number of anilines is 1. The quantitative estimate of drug-likeness (QED) is 0.763. The van der Waals surface area contributed by atoms with Gasteiger partial charge < -0.3 is 19.4 Å². The van der Waals surface area contributed by atoms with E-state index in [4.69, 9.17) is 4.74 Å². The first-order valence-corrected chi connectivity index (χ1v) is 9.35. The Morgan fingerprint density at radius 3 is 2.68 bits per heavy atom. The second-order valence-electron chi connectivity index (χ2n) is 7.30. The number of likely N-dealkylation sites (N-methyl/N-ethyl adjacent to an activating group) is 1. The molecule has 0 aliphatic carbocycles. The number of fused-ring (bicyclic) bond motifs is 1. The van der Waals surface area contributed by atoms with Crippen LogP contribution in [0.5, 0.6) is 0 Å². The van der Waals surface area contributed by atoms with Gasteiger partial charge in [0.1, 0.15) is 12.1 Å². The molecule has 25 heavy (non-hydrogen) atoms. The maximum absolute atomic E-state index is 12.7. The third kappa shape index (κ3) is 3.48. The first-order valence-electron chi connectivity index (χ1n) is 9.35. The smallest absolute Gasteiger partial charge is 0.228 e. The van der Waals surface area contributed by atoms with Gasteiger partial charge in [0.25, 0.3) is 0 Å². The van der Waals surface area contributed by atoms with Gasteiger partial charge in [-0.2, -0.15) is 0 Å². The minimum absolute atomic E-state index is 0.0457. The molecule has 0 spiro atoms. The minimum atomic E-state index is 0.0457. The summed E-state index contributed by atoms with van der Waals surface area (Å²) in [7, 11) is 2.16. The van der Waals surface area contributed by atoms with Crippen LogP contribution < -0.4 is 4.90 Å². The molecule has 0 aromatic carbocycles. The Labute approximate surface area is 149 Å². The van der Waals surface area contributed by atoms with Crippen molar-refractivity contribution in [2.75, 3.05) is 64.4 Å². The molecule has 136 valence electrons. The van der Waals surface area contributed by atoms with E-state index in [2.05, 4.69) is 26.8 Å². The molecule has 0 unspecified atom stereocenters. The molecule has 4 rings (SSSR count). The van der Waals surface area contributed by atoms with E-state index < -0.39 is 0 Å². The SMILES string of the molecule is CN1CCN(c2ncnc3c2CCN(C(=O)[C@@H]2CCOC2)CC3)CC1. The highest BCUT2D eigenvalue weighted by Gasteiger charge is 2.30. The van der Waals surface area contributed by atoms with Gasteiger partial charge in [-0.25, -0.2) is 9.97 Å². The molecule has 3 aliphatic heterocycles. The predicted octanol–water partition coefficient (Wildman–Crippen LogP) is 0.192. The Morgan fingerprint density at radius 2 is 1.92 bits per heavy atom. The zero-order valence-electron chi connectivity index (χ0n) is 15.0. The summed E-state index contributed by atoms with van der Waals surface area (Å²) in [5, 5.41) is 0. The van der Waals surface area contributed by atoms with E-state index >= 15 is 0 Å². The number of aromatic nitrogens is 2. The highest BCUT2D eigenvalue weighted by molar-refractivity contribution is 5.79. The number of carbonyl (C=O) groups is 1. The first-order chi connectivity index (χ1) is 12.2. The molecular formula is C18H27N5O2. The third-order valence-corrected chi connectivity index (χ3v) is 5.66. The molecule has 0 radical (unpaired) electrons. The van der Waals surface area contributed by atoms with Gasteiger partial charge in [-0.3, -0.25) is 4.79 Å². The number of piperazine rings is 1. The van der Waals surface area contributed by atoms with Crippen LogP contribution in [-0.2, 0) is 22.4 Å². The summed E-state index contributed by atoms with van der Waals surface area (Å²) in [5.74, 6) is 1.38. The summed E-state index contributed by atoms with van der Waals surface area (Å²) in [6, 6.07) is 0. The first kappa shape index (κ1) is 16.7. The number of hydrogen-bond donors (Lipinski definition) is 0. The van der Waals surface area contributed by atoms with E-state index in [1.807, 2.05) is 4.90 Å². The van der Waals surface area contributed by atoms with E-state index in [9.17, 15) is 4.79 Å². The standard InChI is InChI=1S/C18H27N5O2/c1-21-7-9-22(10-8-21)17-15-2-5-23(6-3-16(15)19-13-20-17)18(24)14-4-11-25-12-14/h13-14H,2-12H2,1H3/t14-/m1/s1. The summed E-state index contributed by atoms with van der Waals surface area (Å²) < 4.78 is 5.39. The molecule has 0 bridgehead atoms. The van der Waals surface area contributed by atoms with Gasteiger partial charge in [-0.1, -0.05) is 0 Å². The van der Waals surface area contributed by atoms with E-state index in [1.54, 1.807) is 6.33 Å². The molecule has 4 heterocycles. The molecule has 1 amide bonds. The highest BCUT2D eigenvalue weighted by Crippen LogP contribution is 2.25. The Kier molecular flexibility index (Phi) is 4.85. The van der Waals surface area contributed by atoms with Crippen molar-refractivity contribution in [1.29, 1.82) is 0 Å². The molecule has 0 saturated carbocycles. The van der Waals surface area contributed by atoms with Gasteiger partial charge in [-0.05, 0) is 19.9 Å². The Hall–Kier alpha value is -1.73. The lowest BCUT2D eigenvalue weighted by Crippen LogP contribution is -2.45. The second kappa shape index (κ2) is 7.25. The molecule has 1 atom stereocenters. The van der Waals surface area contributed by atoms with Crippen molar-refractivity contribution in [2.24, 2.45) is 5.92 Å².